The van der Waals surface area contributed by atoms with Crippen LogP contribution in [0.3, 0.4) is 0 Å². The number of carbonyl (C=O) groups excluding carboxylic acids is 1. The van der Waals surface area contributed by atoms with Crippen LogP contribution in [0.4, 0.5) is 0 Å². The number of ether oxygens (including phenoxy) is 1. The molecular formula is C17H23N3O3. The molecule has 1 aromatic heterocycles. The molecule has 0 atom stereocenters. The number of hydrogen-bond donors (Lipinski definition) is 0. The molecule has 0 fully saturated rings. The lowest BCUT2D eigenvalue weighted by atomic mass is 10.1. The van der Waals surface area contributed by atoms with E-state index in [0.717, 1.165) is 24.1 Å². The monoisotopic (exact) mass is 317 g/mol. The first-order valence-corrected chi connectivity index (χ1v) is 7.90. The zero-order valence-electron chi connectivity index (χ0n) is 13.9. The standard InChI is InChI=1S/C17H23N3O3/c1-4-9-20(12-16(21)22-5-2)11-15-18-17(19-23-15)14-8-6-7-13(3)10-14/h6-8,10H,4-5,9,11-12H2,1-3H3. The number of carbonyl (C=O) groups is 1. The van der Waals surface area contributed by atoms with E-state index in [9.17, 15) is 4.79 Å². The Morgan fingerprint density at radius 2 is 2.17 bits per heavy atom. The van der Waals surface area contributed by atoms with Gasteiger partial charge in [-0.05, 0) is 32.9 Å². The predicted molar refractivity (Wildman–Crippen MR) is 86.7 cm³/mol. The van der Waals surface area contributed by atoms with Crippen LogP contribution in [0.25, 0.3) is 11.4 Å². The van der Waals surface area contributed by atoms with Gasteiger partial charge in [0.05, 0.1) is 19.7 Å². The van der Waals surface area contributed by atoms with Gasteiger partial charge in [-0.3, -0.25) is 9.69 Å². The first-order chi connectivity index (χ1) is 11.1. The Kier molecular flexibility index (Phi) is 6.29. The highest BCUT2D eigenvalue weighted by Crippen LogP contribution is 2.17. The third-order valence-corrected chi connectivity index (χ3v) is 3.30. The summed E-state index contributed by atoms with van der Waals surface area (Å²) in [6, 6.07) is 7.94. The van der Waals surface area contributed by atoms with E-state index in [2.05, 4.69) is 17.1 Å². The zero-order valence-corrected chi connectivity index (χ0v) is 13.9. The molecule has 0 aliphatic heterocycles. The molecule has 23 heavy (non-hydrogen) atoms. The second-order valence-electron chi connectivity index (χ2n) is 5.40. The number of aryl methyl sites for hydroxylation is 1. The largest absolute Gasteiger partial charge is 0.465 e. The zero-order chi connectivity index (χ0) is 16.7. The van der Waals surface area contributed by atoms with Crippen molar-refractivity contribution in [2.45, 2.75) is 33.7 Å². The molecule has 0 spiro atoms. The average molecular weight is 317 g/mol. The normalized spacial score (nSPS) is 11.0. The van der Waals surface area contributed by atoms with E-state index in [1.165, 1.54) is 0 Å². The fourth-order valence-electron chi connectivity index (χ4n) is 2.33. The summed E-state index contributed by atoms with van der Waals surface area (Å²) in [4.78, 5) is 18.0. The summed E-state index contributed by atoms with van der Waals surface area (Å²) in [6.45, 7) is 7.69. The minimum absolute atomic E-state index is 0.226. The average Bonchev–Trinajstić information content (AvgIpc) is 2.96. The van der Waals surface area contributed by atoms with Crippen molar-refractivity contribution in [3.63, 3.8) is 0 Å². The fourth-order valence-corrected chi connectivity index (χ4v) is 2.33. The topological polar surface area (TPSA) is 68.5 Å². The Balaban J connectivity index is 2.04. The first-order valence-electron chi connectivity index (χ1n) is 7.90. The summed E-state index contributed by atoms with van der Waals surface area (Å²) in [5, 5.41) is 4.03. The van der Waals surface area contributed by atoms with Gasteiger partial charge in [0.2, 0.25) is 11.7 Å². The molecule has 2 aromatic rings. The minimum atomic E-state index is -0.237. The molecule has 2 rings (SSSR count). The van der Waals surface area contributed by atoms with Crippen molar-refractivity contribution in [3.8, 4) is 11.4 Å². The lowest BCUT2D eigenvalue weighted by molar-refractivity contribution is -0.144. The van der Waals surface area contributed by atoms with Crippen molar-refractivity contribution < 1.29 is 14.1 Å². The second kappa shape index (κ2) is 8.43. The van der Waals surface area contributed by atoms with Crippen LogP contribution in [-0.2, 0) is 16.1 Å². The molecule has 124 valence electrons. The Hall–Kier alpha value is -2.21. The van der Waals surface area contributed by atoms with Gasteiger partial charge in [-0.15, -0.1) is 0 Å². The van der Waals surface area contributed by atoms with Crippen molar-refractivity contribution in [3.05, 3.63) is 35.7 Å². The van der Waals surface area contributed by atoms with Crippen molar-refractivity contribution in [1.29, 1.82) is 0 Å². The molecule has 6 nitrogen and oxygen atoms in total. The summed E-state index contributed by atoms with van der Waals surface area (Å²) >= 11 is 0. The number of benzene rings is 1. The van der Waals surface area contributed by atoms with Crippen LogP contribution in [0.15, 0.2) is 28.8 Å². The summed E-state index contributed by atoms with van der Waals surface area (Å²) in [5.74, 6) is 0.829. The molecule has 0 aliphatic rings. The van der Waals surface area contributed by atoms with Gasteiger partial charge in [-0.25, -0.2) is 0 Å². The smallest absolute Gasteiger partial charge is 0.320 e. The Bertz CT molecular complexity index is 640. The molecule has 0 N–H and O–H groups in total. The van der Waals surface area contributed by atoms with Crippen LogP contribution in [0.2, 0.25) is 0 Å². The maximum absolute atomic E-state index is 11.7. The summed E-state index contributed by atoms with van der Waals surface area (Å²) in [5.41, 5.74) is 2.07. The van der Waals surface area contributed by atoms with E-state index >= 15 is 0 Å². The van der Waals surface area contributed by atoms with E-state index in [4.69, 9.17) is 9.26 Å². The quantitative estimate of drug-likeness (QED) is 0.697. The van der Waals surface area contributed by atoms with Crippen LogP contribution < -0.4 is 0 Å². The number of nitrogens with zero attached hydrogens (tertiary/aromatic N) is 3. The van der Waals surface area contributed by atoms with Crippen molar-refractivity contribution in [1.82, 2.24) is 15.0 Å². The molecule has 0 bridgehead atoms. The minimum Gasteiger partial charge on any atom is -0.465 e. The Labute approximate surface area is 136 Å². The molecule has 0 radical (unpaired) electrons. The number of hydrogen-bond acceptors (Lipinski definition) is 6. The molecule has 0 aliphatic carbocycles. The Morgan fingerprint density at radius 3 is 2.87 bits per heavy atom. The van der Waals surface area contributed by atoms with Crippen molar-refractivity contribution >= 4 is 5.97 Å². The maximum Gasteiger partial charge on any atom is 0.320 e. The molecule has 6 heteroatoms. The van der Waals surface area contributed by atoms with E-state index in [1.54, 1.807) is 6.92 Å². The van der Waals surface area contributed by atoms with Crippen molar-refractivity contribution in [2.75, 3.05) is 19.7 Å². The molecule has 0 unspecified atom stereocenters. The maximum atomic E-state index is 11.7. The molecule has 1 aromatic carbocycles. The van der Waals surface area contributed by atoms with Gasteiger partial charge in [-0.2, -0.15) is 4.98 Å². The van der Waals surface area contributed by atoms with E-state index in [0.29, 0.717) is 24.9 Å². The van der Waals surface area contributed by atoms with Crippen LogP contribution in [0.5, 0.6) is 0 Å². The predicted octanol–water partition coefficient (Wildman–Crippen LogP) is 2.82. The lowest BCUT2D eigenvalue weighted by Crippen LogP contribution is -2.31. The highest BCUT2D eigenvalue weighted by Gasteiger charge is 2.16. The molecule has 1 heterocycles. The van der Waals surface area contributed by atoms with Gasteiger partial charge in [0, 0.05) is 5.56 Å². The summed E-state index contributed by atoms with van der Waals surface area (Å²) in [7, 11) is 0. The van der Waals surface area contributed by atoms with Crippen LogP contribution in [-0.4, -0.2) is 40.7 Å². The van der Waals surface area contributed by atoms with Gasteiger partial charge >= 0.3 is 5.97 Å². The highest BCUT2D eigenvalue weighted by atomic mass is 16.5. The Morgan fingerprint density at radius 1 is 1.35 bits per heavy atom. The first kappa shape index (κ1) is 17.1. The lowest BCUT2D eigenvalue weighted by Gasteiger charge is -2.18. The van der Waals surface area contributed by atoms with Crippen LogP contribution in [0.1, 0.15) is 31.7 Å². The third-order valence-electron chi connectivity index (χ3n) is 3.30. The molecule has 0 amide bonds. The van der Waals surface area contributed by atoms with E-state index in [-0.39, 0.29) is 12.5 Å². The second-order valence-corrected chi connectivity index (χ2v) is 5.40. The van der Waals surface area contributed by atoms with Gasteiger partial charge in [0.1, 0.15) is 0 Å². The number of esters is 1. The fraction of sp³-hybridized carbons (Fsp3) is 0.471. The van der Waals surface area contributed by atoms with Gasteiger partial charge < -0.3 is 9.26 Å². The molecule has 0 saturated heterocycles. The summed E-state index contributed by atoms with van der Waals surface area (Å²) < 4.78 is 10.3. The summed E-state index contributed by atoms with van der Waals surface area (Å²) in [6.07, 6.45) is 0.929. The molecule has 0 saturated carbocycles. The van der Waals surface area contributed by atoms with Gasteiger partial charge in [0.15, 0.2) is 0 Å². The van der Waals surface area contributed by atoms with Gasteiger partial charge in [-0.1, -0.05) is 35.8 Å². The number of aromatic nitrogens is 2. The van der Waals surface area contributed by atoms with Gasteiger partial charge in [0.25, 0.3) is 0 Å². The number of rotatable bonds is 8. The third kappa shape index (κ3) is 5.17. The van der Waals surface area contributed by atoms with Crippen LogP contribution >= 0.6 is 0 Å². The SMILES string of the molecule is CCCN(CC(=O)OCC)Cc1nc(-c2cccc(C)c2)no1. The van der Waals surface area contributed by atoms with Crippen LogP contribution in [0, 0.1) is 6.92 Å². The van der Waals surface area contributed by atoms with Crippen molar-refractivity contribution in [2.24, 2.45) is 0 Å². The highest BCUT2D eigenvalue weighted by molar-refractivity contribution is 5.71. The van der Waals surface area contributed by atoms with E-state index in [1.807, 2.05) is 36.1 Å². The van der Waals surface area contributed by atoms with E-state index < -0.39 is 0 Å². The molecular weight excluding hydrogens is 294 g/mol.